The van der Waals surface area contributed by atoms with Gasteiger partial charge in [0.25, 0.3) is 0 Å². The first-order valence-corrected chi connectivity index (χ1v) is 7.17. The maximum Gasteiger partial charge on any atom is 0.230 e. The fourth-order valence-corrected chi connectivity index (χ4v) is 2.51. The first-order chi connectivity index (χ1) is 10.0. The Morgan fingerprint density at radius 2 is 2.14 bits per heavy atom. The number of carbonyl (C=O) groups excluding carboxylic acids is 1. The van der Waals surface area contributed by atoms with Gasteiger partial charge in [-0.25, -0.2) is 4.39 Å². The van der Waals surface area contributed by atoms with E-state index in [-0.39, 0.29) is 5.82 Å². The first-order valence-electron chi connectivity index (χ1n) is 6.29. The van der Waals surface area contributed by atoms with Crippen LogP contribution < -0.4 is 5.73 Å². The SMILES string of the molecule is C=CCn1c(S[C@H](C)C(N)=O)nnc1-c1ccc(F)cc1. The van der Waals surface area contributed by atoms with Gasteiger partial charge in [-0.3, -0.25) is 9.36 Å². The van der Waals surface area contributed by atoms with Crippen LogP contribution in [0.25, 0.3) is 11.4 Å². The first kappa shape index (κ1) is 15.2. The molecule has 0 aliphatic rings. The molecule has 1 atom stereocenters. The van der Waals surface area contributed by atoms with Crippen LogP contribution in [-0.2, 0) is 11.3 Å². The molecule has 7 heteroatoms. The molecule has 0 saturated carbocycles. The van der Waals surface area contributed by atoms with Gasteiger partial charge >= 0.3 is 0 Å². The van der Waals surface area contributed by atoms with Crippen molar-refractivity contribution in [3.05, 3.63) is 42.7 Å². The maximum atomic E-state index is 13.0. The van der Waals surface area contributed by atoms with Crippen molar-refractivity contribution in [2.24, 2.45) is 5.73 Å². The predicted molar refractivity (Wildman–Crippen MR) is 80.1 cm³/mol. The summed E-state index contributed by atoms with van der Waals surface area (Å²) >= 11 is 1.23. The van der Waals surface area contributed by atoms with Crippen molar-refractivity contribution < 1.29 is 9.18 Å². The lowest BCUT2D eigenvalue weighted by molar-refractivity contribution is -0.117. The third-order valence-electron chi connectivity index (χ3n) is 2.81. The van der Waals surface area contributed by atoms with Gasteiger partial charge in [0, 0.05) is 12.1 Å². The number of hydrogen-bond donors (Lipinski definition) is 1. The van der Waals surface area contributed by atoms with Crippen LogP contribution in [0.5, 0.6) is 0 Å². The highest BCUT2D eigenvalue weighted by Gasteiger charge is 2.18. The lowest BCUT2D eigenvalue weighted by atomic mass is 10.2. The largest absolute Gasteiger partial charge is 0.369 e. The Labute approximate surface area is 126 Å². The average Bonchev–Trinajstić information content (AvgIpc) is 2.83. The quantitative estimate of drug-likeness (QED) is 0.656. The number of amides is 1. The number of primary amides is 1. The second kappa shape index (κ2) is 6.53. The lowest BCUT2D eigenvalue weighted by Crippen LogP contribution is -2.23. The monoisotopic (exact) mass is 306 g/mol. The second-order valence-corrected chi connectivity index (χ2v) is 5.68. The van der Waals surface area contributed by atoms with Crippen LogP contribution in [0.15, 0.2) is 42.1 Å². The average molecular weight is 306 g/mol. The van der Waals surface area contributed by atoms with Crippen molar-refractivity contribution in [1.29, 1.82) is 0 Å². The van der Waals surface area contributed by atoms with Crippen LogP contribution in [0.1, 0.15) is 6.92 Å². The van der Waals surface area contributed by atoms with Crippen molar-refractivity contribution in [2.45, 2.75) is 23.9 Å². The molecule has 2 aromatic rings. The number of hydrogen-bond acceptors (Lipinski definition) is 4. The number of rotatable bonds is 6. The molecular weight excluding hydrogens is 291 g/mol. The summed E-state index contributed by atoms with van der Waals surface area (Å²) in [5, 5.41) is 8.35. The van der Waals surface area contributed by atoms with E-state index in [0.29, 0.717) is 17.5 Å². The predicted octanol–water partition coefficient (Wildman–Crippen LogP) is 2.24. The molecule has 0 radical (unpaired) electrons. The van der Waals surface area contributed by atoms with E-state index in [1.165, 1.54) is 23.9 Å². The summed E-state index contributed by atoms with van der Waals surface area (Å²) in [7, 11) is 0. The van der Waals surface area contributed by atoms with E-state index < -0.39 is 11.2 Å². The van der Waals surface area contributed by atoms with Crippen LogP contribution in [-0.4, -0.2) is 25.9 Å². The summed E-state index contributed by atoms with van der Waals surface area (Å²) in [6.45, 7) is 5.89. The van der Waals surface area contributed by atoms with E-state index >= 15 is 0 Å². The molecule has 1 aromatic heterocycles. The van der Waals surface area contributed by atoms with E-state index in [4.69, 9.17) is 5.73 Å². The summed E-state index contributed by atoms with van der Waals surface area (Å²) in [6.07, 6.45) is 1.70. The summed E-state index contributed by atoms with van der Waals surface area (Å²) in [5.41, 5.74) is 6.00. The van der Waals surface area contributed by atoms with Gasteiger partial charge in [-0.05, 0) is 31.2 Å². The molecule has 0 unspecified atom stereocenters. The Kier molecular flexibility index (Phi) is 4.74. The number of benzene rings is 1. The minimum Gasteiger partial charge on any atom is -0.369 e. The van der Waals surface area contributed by atoms with E-state index in [1.54, 1.807) is 25.1 Å². The minimum atomic E-state index is -0.420. The molecule has 1 aromatic carbocycles. The number of halogens is 1. The highest BCUT2D eigenvalue weighted by molar-refractivity contribution is 8.00. The molecule has 1 amide bonds. The number of nitrogens with zero attached hydrogens (tertiary/aromatic N) is 3. The highest BCUT2D eigenvalue weighted by atomic mass is 32.2. The summed E-state index contributed by atoms with van der Waals surface area (Å²) in [5.74, 6) is -0.143. The molecule has 0 spiro atoms. The summed E-state index contributed by atoms with van der Waals surface area (Å²) < 4.78 is 14.8. The van der Waals surface area contributed by atoms with Gasteiger partial charge in [-0.2, -0.15) is 0 Å². The normalized spacial score (nSPS) is 12.1. The van der Waals surface area contributed by atoms with Crippen molar-refractivity contribution in [2.75, 3.05) is 0 Å². The minimum absolute atomic E-state index is 0.314. The molecule has 0 fully saturated rings. The fourth-order valence-electron chi connectivity index (χ4n) is 1.70. The Morgan fingerprint density at radius 1 is 1.48 bits per heavy atom. The van der Waals surface area contributed by atoms with Crippen molar-refractivity contribution in [3.63, 3.8) is 0 Å². The molecule has 1 heterocycles. The third-order valence-corrected chi connectivity index (χ3v) is 3.91. The molecule has 110 valence electrons. The Balaban J connectivity index is 2.38. The van der Waals surface area contributed by atoms with E-state index in [2.05, 4.69) is 16.8 Å². The van der Waals surface area contributed by atoms with Gasteiger partial charge in [-0.15, -0.1) is 16.8 Å². The van der Waals surface area contributed by atoms with E-state index in [1.807, 2.05) is 4.57 Å². The van der Waals surface area contributed by atoms with E-state index in [9.17, 15) is 9.18 Å². The van der Waals surface area contributed by atoms with Crippen LogP contribution in [0.3, 0.4) is 0 Å². The number of thioether (sulfide) groups is 1. The van der Waals surface area contributed by atoms with Gasteiger partial charge in [0.1, 0.15) is 5.82 Å². The van der Waals surface area contributed by atoms with Crippen LogP contribution in [0, 0.1) is 5.82 Å². The van der Waals surface area contributed by atoms with Gasteiger partial charge in [0.15, 0.2) is 11.0 Å². The molecule has 0 saturated heterocycles. The maximum absolute atomic E-state index is 13.0. The number of aromatic nitrogens is 3. The summed E-state index contributed by atoms with van der Waals surface area (Å²) in [6, 6.07) is 5.98. The molecule has 0 aliphatic carbocycles. The molecule has 2 rings (SSSR count). The molecule has 0 aliphatic heterocycles. The zero-order chi connectivity index (χ0) is 15.4. The van der Waals surface area contributed by atoms with Crippen molar-refractivity contribution >= 4 is 17.7 Å². The zero-order valence-electron chi connectivity index (χ0n) is 11.5. The number of allylic oxidation sites excluding steroid dienone is 1. The van der Waals surface area contributed by atoms with Crippen LogP contribution >= 0.6 is 11.8 Å². The molecule has 2 N–H and O–H groups in total. The molecule has 21 heavy (non-hydrogen) atoms. The van der Waals surface area contributed by atoms with Gasteiger partial charge in [0.05, 0.1) is 5.25 Å². The van der Waals surface area contributed by atoms with Gasteiger partial charge < -0.3 is 5.73 Å². The number of nitrogens with two attached hydrogens (primary N) is 1. The fraction of sp³-hybridized carbons (Fsp3) is 0.214. The number of carbonyl (C=O) groups is 1. The van der Waals surface area contributed by atoms with Gasteiger partial charge in [0.2, 0.25) is 5.91 Å². The van der Waals surface area contributed by atoms with Gasteiger partial charge in [-0.1, -0.05) is 17.8 Å². The lowest BCUT2D eigenvalue weighted by Gasteiger charge is -2.09. The van der Waals surface area contributed by atoms with Crippen molar-refractivity contribution in [1.82, 2.24) is 14.8 Å². The third kappa shape index (κ3) is 3.49. The topological polar surface area (TPSA) is 73.8 Å². The Bertz CT molecular complexity index is 653. The zero-order valence-corrected chi connectivity index (χ0v) is 12.3. The van der Waals surface area contributed by atoms with Crippen molar-refractivity contribution in [3.8, 4) is 11.4 Å². The molecule has 5 nitrogen and oxygen atoms in total. The van der Waals surface area contributed by atoms with Crippen LogP contribution in [0.2, 0.25) is 0 Å². The van der Waals surface area contributed by atoms with Crippen LogP contribution in [0.4, 0.5) is 4.39 Å². The highest BCUT2D eigenvalue weighted by Crippen LogP contribution is 2.26. The molecular formula is C14H15FN4OS. The van der Waals surface area contributed by atoms with E-state index in [0.717, 1.165) is 5.56 Å². The standard InChI is InChI=1S/C14H15FN4OS/c1-3-8-19-13(10-4-6-11(15)7-5-10)17-18-14(19)21-9(2)12(16)20/h3-7,9H,1,8H2,2H3,(H2,16,20)/t9-/m1/s1. The smallest absolute Gasteiger partial charge is 0.230 e. The Hall–Kier alpha value is -2.15. The summed E-state index contributed by atoms with van der Waals surface area (Å²) in [4.78, 5) is 11.2. The Morgan fingerprint density at radius 3 is 2.71 bits per heavy atom. The second-order valence-electron chi connectivity index (χ2n) is 4.37. The molecule has 0 bridgehead atoms.